The number of methoxy groups -OCH3 is 2. The molecule has 2 aliphatic heterocycles. The Morgan fingerprint density at radius 2 is 1.67 bits per heavy atom. The van der Waals surface area contributed by atoms with E-state index in [0.29, 0.717) is 37.5 Å². The van der Waals surface area contributed by atoms with Gasteiger partial charge in [0.2, 0.25) is 5.96 Å². The number of carbonyl (C=O) groups excluding carboxylic acids is 1. The molecule has 3 aromatic carbocycles. The van der Waals surface area contributed by atoms with Crippen molar-refractivity contribution in [1.29, 1.82) is 0 Å². The maximum atomic E-state index is 15.3. The van der Waals surface area contributed by atoms with Crippen LogP contribution in [-0.2, 0) is 15.7 Å². The number of halogens is 4. The first-order valence-corrected chi connectivity index (χ1v) is 13.9. The second-order valence-electron chi connectivity index (χ2n) is 10.0. The summed E-state index contributed by atoms with van der Waals surface area (Å²) in [4.78, 5) is 23.2. The first-order valence-electron chi connectivity index (χ1n) is 13.9. The number of alkyl halides is 3. The highest BCUT2D eigenvalue weighted by Gasteiger charge is 2.40. The SMILES string of the molecule is CCOC(=O)C[C@@H]1c2cccc(F)c2N=C(N2CCN(c3cccc(OC)c3)CC2)N1c1cc(C(F)(F)F)ccc1OC. The van der Waals surface area contributed by atoms with E-state index in [2.05, 4.69) is 9.89 Å². The van der Waals surface area contributed by atoms with E-state index in [-0.39, 0.29) is 36.1 Å². The average Bonchev–Trinajstić information content (AvgIpc) is 3.00. The van der Waals surface area contributed by atoms with Crippen molar-refractivity contribution < 1.29 is 36.6 Å². The molecule has 8 nitrogen and oxygen atoms in total. The zero-order chi connectivity index (χ0) is 30.7. The maximum Gasteiger partial charge on any atom is 0.416 e. The van der Waals surface area contributed by atoms with Crippen LogP contribution >= 0.6 is 0 Å². The lowest BCUT2D eigenvalue weighted by atomic mass is 9.96. The van der Waals surface area contributed by atoms with Crippen LogP contribution in [0.5, 0.6) is 11.5 Å². The van der Waals surface area contributed by atoms with Gasteiger partial charge in [-0.25, -0.2) is 9.38 Å². The Morgan fingerprint density at radius 1 is 0.953 bits per heavy atom. The molecule has 2 heterocycles. The minimum Gasteiger partial charge on any atom is -0.497 e. The van der Waals surface area contributed by atoms with Gasteiger partial charge in [0.1, 0.15) is 23.0 Å². The number of aliphatic imine (C=N–C) groups is 1. The zero-order valence-electron chi connectivity index (χ0n) is 24.0. The molecule has 0 radical (unpaired) electrons. The molecule has 0 amide bonds. The van der Waals surface area contributed by atoms with Gasteiger partial charge >= 0.3 is 12.1 Å². The molecular formula is C31H32F4N4O4. The van der Waals surface area contributed by atoms with Crippen molar-refractivity contribution in [2.75, 3.05) is 56.8 Å². The fraction of sp³-hybridized carbons (Fsp3) is 0.355. The van der Waals surface area contributed by atoms with Gasteiger partial charge in [0.25, 0.3) is 0 Å². The Kier molecular flexibility index (Phi) is 8.65. The van der Waals surface area contributed by atoms with Crippen LogP contribution in [0.15, 0.2) is 65.7 Å². The van der Waals surface area contributed by atoms with E-state index in [9.17, 15) is 18.0 Å². The van der Waals surface area contributed by atoms with Crippen molar-refractivity contribution >= 4 is 29.0 Å². The predicted molar refractivity (Wildman–Crippen MR) is 155 cm³/mol. The number of piperazine rings is 1. The Balaban J connectivity index is 1.61. The minimum atomic E-state index is -4.64. The zero-order valence-corrected chi connectivity index (χ0v) is 24.0. The van der Waals surface area contributed by atoms with Crippen molar-refractivity contribution in [3.63, 3.8) is 0 Å². The Morgan fingerprint density at radius 3 is 2.35 bits per heavy atom. The molecule has 1 saturated heterocycles. The number of anilines is 2. The average molecular weight is 601 g/mol. The van der Waals surface area contributed by atoms with E-state index < -0.39 is 29.6 Å². The van der Waals surface area contributed by atoms with Gasteiger partial charge in [-0.2, -0.15) is 13.2 Å². The molecule has 1 fully saturated rings. The predicted octanol–water partition coefficient (Wildman–Crippen LogP) is 6.19. The lowest BCUT2D eigenvalue weighted by molar-refractivity contribution is -0.143. The van der Waals surface area contributed by atoms with E-state index in [1.165, 1.54) is 25.3 Å². The summed E-state index contributed by atoms with van der Waals surface area (Å²) in [5.41, 5.74) is 0.494. The second-order valence-corrected chi connectivity index (χ2v) is 10.0. The summed E-state index contributed by atoms with van der Waals surface area (Å²) in [7, 11) is 2.95. The first-order chi connectivity index (χ1) is 20.6. The molecule has 0 N–H and O–H groups in total. The van der Waals surface area contributed by atoms with Crippen molar-refractivity contribution in [2.24, 2.45) is 4.99 Å². The molecule has 3 aromatic rings. The van der Waals surface area contributed by atoms with Gasteiger partial charge in [-0.15, -0.1) is 0 Å². The lowest BCUT2D eigenvalue weighted by Gasteiger charge is -2.45. The highest BCUT2D eigenvalue weighted by molar-refractivity contribution is 6.02. The number of rotatable bonds is 7. The molecule has 228 valence electrons. The summed E-state index contributed by atoms with van der Waals surface area (Å²) in [5.74, 6) is -0.107. The van der Waals surface area contributed by atoms with Crippen LogP contribution in [0, 0.1) is 5.82 Å². The third-order valence-corrected chi connectivity index (χ3v) is 7.53. The number of hydrogen-bond acceptors (Lipinski definition) is 8. The summed E-state index contributed by atoms with van der Waals surface area (Å²) in [6, 6.07) is 14.2. The van der Waals surface area contributed by atoms with E-state index in [1.54, 1.807) is 25.0 Å². The molecule has 0 aliphatic carbocycles. The summed E-state index contributed by atoms with van der Waals surface area (Å²) in [6.45, 7) is 3.71. The summed E-state index contributed by atoms with van der Waals surface area (Å²) >= 11 is 0. The van der Waals surface area contributed by atoms with Gasteiger partial charge in [-0.3, -0.25) is 4.79 Å². The molecular weight excluding hydrogens is 568 g/mol. The summed E-state index contributed by atoms with van der Waals surface area (Å²) < 4.78 is 73.2. The molecule has 12 heteroatoms. The Labute approximate surface area is 247 Å². The van der Waals surface area contributed by atoms with Crippen LogP contribution in [0.4, 0.5) is 34.6 Å². The highest BCUT2D eigenvalue weighted by atomic mass is 19.4. The first kappa shape index (κ1) is 30.0. The fourth-order valence-corrected chi connectivity index (χ4v) is 5.46. The fourth-order valence-electron chi connectivity index (χ4n) is 5.46. The summed E-state index contributed by atoms with van der Waals surface area (Å²) in [6.07, 6.45) is -4.90. The third kappa shape index (κ3) is 6.18. The Bertz CT molecular complexity index is 1510. The number of carbonyl (C=O) groups is 1. The van der Waals surface area contributed by atoms with Gasteiger partial charge < -0.3 is 28.9 Å². The standard InChI is InChI=1S/C31H32F4N4O4/c1-4-43-28(40)19-25-23-9-6-10-24(32)29(23)36-30(39(25)26-17-20(31(33,34)35)11-12-27(26)42-3)38-15-13-37(14-16-38)21-7-5-8-22(18-21)41-2/h5-12,17-18,25H,4,13-16,19H2,1-3H3/t25-/m1/s1. The van der Waals surface area contributed by atoms with Crippen molar-refractivity contribution in [3.05, 3.63) is 77.6 Å². The topological polar surface area (TPSA) is 66.8 Å². The Hall–Kier alpha value is -4.48. The number of hydrogen-bond donors (Lipinski definition) is 0. The number of guanidine groups is 1. The third-order valence-electron chi connectivity index (χ3n) is 7.53. The van der Waals surface area contributed by atoms with Crippen molar-refractivity contribution in [3.8, 4) is 11.5 Å². The van der Waals surface area contributed by atoms with Crippen LogP contribution in [-0.4, -0.2) is 63.8 Å². The number of nitrogens with zero attached hydrogens (tertiary/aromatic N) is 4. The number of fused-ring (bicyclic) bond motifs is 1. The van der Waals surface area contributed by atoms with Crippen LogP contribution in [0.25, 0.3) is 0 Å². The largest absolute Gasteiger partial charge is 0.497 e. The van der Waals surface area contributed by atoms with Crippen LogP contribution in [0.1, 0.15) is 30.5 Å². The van der Waals surface area contributed by atoms with Crippen LogP contribution in [0.2, 0.25) is 0 Å². The molecule has 0 bridgehead atoms. The molecule has 0 unspecified atom stereocenters. The summed E-state index contributed by atoms with van der Waals surface area (Å²) in [5, 5.41) is 0. The van der Waals surface area contributed by atoms with Crippen molar-refractivity contribution in [2.45, 2.75) is 25.6 Å². The highest BCUT2D eigenvalue weighted by Crippen LogP contribution is 2.46. The smallest absolute Gasteiger partial charge is 0.416 e. The minimum absolute atomic E-state index is 0.0317. The van der Waals surface area contributed by atoms with Gasteiger partial charge in [-0.1, -0.05) is 18.2 Å². The monoisotopic (exact) mass is 600 g/mol. The molecule has 0 aromatic heterocycles. The van der Waals surface area contributed by atoms with Gasteiger partial charge in [0.15, 0.2) is 0 Å². The van der Waals surface area contributed by atoms with Crippen LogP contribution in [0.3, 0.4) is 0 Å². The number of esters is 1. The van der Waals surface area contributed by atoms with Crippen LogP contribution < -0.4 is 19.3 Å². The van der Waals surface area contributed by atoms with Gasteiger partial charge in [-0.05, 0) is 43.3 Å². The lowest BCUT2D eigenvalue weighted by Crippen LogP contribution is -2.55. The van der Waals surface area contributed by atoms with Crippen molar-refractivity contribution in [1.82, 2.24) is 4.90 Å². The quantitative estimate of drug-likeness (QED) is 0.237. The number of ether oxygens (including phenoxy) is 3. The molecule has 43 heavy (non-hydrogen) atoms. The molecule has 2 aliphatic rings. The van der Waals surface area contributed by atoms with E-state index in [0.717, 1.165) is 17.8 Å². The normalized spacial score (nSPS) is 16.9. The molecule has 1 atom stereocenters. The molecule has 0 spiro atoms. The van der Waals surface area contributed by atoms with E-state index in [4.69, 9.17) is 14.2 Å². The number of benzene rings is 3. The molecule has 0 saturated carbocycles. The number of para-hydroxylation sites is 1. The van der Waals surface area contributed by atoms with Gasteiger partial charge in [0.05, 0.1) is 44.5 Å². The van der Waals surface area contributed by atoms with E-state index in [1.807, 2.05) is 29.2 Å². The second kappa shape index (κ2) is 12.4. The molecule has 5 rings (SSSR count). The maximum absolute atomic E-state index is 15.3. The van der Waals surface area contributed by atoms with E-state index >= 15 is 4.39 Å². The van der Waals surface area contributed by atoms with Gasteiger partial charge in [0, 0.05) is 43.5 Å².